The maximum Gasteiger partial charge on any atom is 0.0177 e. The third kappa shape index (κ3) is 4.55. The van der Waals surface area contributed by atoms with Crippen molar-refractivity contribution in [2.75, 3.05) is 20.1 Å². The standard InChI is InChI=1S/C19H32N2/c1-15(2)16(3)21(5)14-19(4,13-20-18-11-12-18)17-9-7-6-8-10-17/h6-10,15-16,18,20H,11-14H2,1-5H3. The second-order valence-electron chi connectivity index (χ2n) is 7.48. The number of rotatable bonds is 8. The van der Waals surface area contributed by atoms with Crippen LogP contribution in [0.4, 0.5) is 0 Å². The monoisotopic (exact) mass is 288 g/mol. The summed E-state index contributed by atoms with van der Waals surface area (Å²) in [6.45, 7) is 11.5. The second-order valence-corrected chi connectivity index (χ2v) is 7.48. The van der Waals surface area contributed by atoms with E-state index < -0.39 is 0 Å². The summed E-state index contributed by atoms with van der Waals surface area (Å²) < 4.78 is 0. The van der Waals surface area contributed by atoms with Crippen molar-refractivity contribution in [3.63, 3.8) is 0 Å². The van der Waals surface area contributed by atoms with E-state index >= 15 is 0 Å². The Morgan fingerprint density at radius 1 is 1.19 bits per heavy atom. The Kier molecular flexibility index (Phi) is 5.45. The molecule has 0 radical (unpaired) electrons. The van der Waals surface area contributed by atoms with Crippen molar-refractivity contribution in [1.29, 1.82) is 0 Å². The highest BCUT2D eigenvalue weighted by molar-refractivity contribution is 5.26. The lowest BCUT2D eigenvalue weighted by atomic mass is 9.81. The van der Waals surface area contributed by atoms with E-state index in [1.807, 2.05) is 0 Å². The molecular weight excluding hydrogens is 256 g/mol. The van der Waals surface area contributed by atoms with Crippen molar-refractivity contribution in [1.82, 2.24) is 10.2 Å². The highest BCUT2D eigenvalue weighted by Gasteiger charge is 2.32. The van der Waals surface area contributed by atoms with Gasteiger partial charge in [-0.3, -0.25) is 0 Å². The zero-order chi connectivity index (χ0) is 15.5. The second kappa shape index (κ2) is 6.93. The molecule has 1 aromatic carbocycles. The lowest BCUT2D eigenvalue weighted by Crippen LogP contribution is -2.48. The van der Waals surface area contributed by atoms with Crippen molar-refractivity contribution in [2.24, 2.45) is 5.92 Å². The van der Waals surface area contributed by atoms with Crippen LogP contribution in [0.5, 0.6) is 0 Å². The van der Waals surface area contributed by atoms with Crippen LogP contribution in [0.15, 0.2) is 30.3 Å². The molecule has 0 spiro atoms. The van der Waals surface area contributed by atoms with E-state index in [1.165, 1.54) is 18.4 Å². The molecule has 1 fully saturated rings. The van der Waals surface area contributed by atoms with Crippen LogP contribution in [0.3, 0.4) is 0 Å². The summed E-state index contributed by atoms with van der Waals surface area (Å²) in [7, 11) is 2.27. The van der Waals surface area contributed by atoms with Crippen molar-refractivity contribution >= 4 is 0 Å². The first-order valence-corrected chi connectivity index (χ1v) is 8.41. The van der Waals surface area contributed by atoms with Crippen LogP contribution in [0.1, 0.15) is 46.1 Å². The molecule has 1 saturated carbocycles. The molecule has 0 amide bonds. The average molecular weight is 288 g/mol. The predicted octanol–water partition coefficient (Wildman–Crippen LogP) is 3.67. The minimum absolute atomic E-state index is 0.168. The Labute approximate surface area is 130 Å². The highest BCUT2D eigenvalue weighted by Crippen LogP contribution is 2.28. The van der Waals surface area contributed by atoms with Gasteiger partial charge in [-0.05, 0) is 38.3 Å². The van der Waals surface area contributed by atoms with E-state index in [2.05, 4.69) is 75.3 Å². The molecule has 2 heteroatoms. The van der Waals surface area contributed by atoms with Gasteiger partial charge in [-0.1, -0.05) is 51.1 Å². The number of hydrogen-bond donors (Lipinski definition) is 1. The quantitative estimate of drug-likeness (QED) is 0.785. The maximum atomic E-state index is 3.74. The molecule has 0 bridgehead atoms. The molecule has 0 aliphatic heterocycles. The molecule has 2 nitrogen and oxygen atoms in total. The molecule has 2 rings (SSSR count). The van der Waals surface area contributed by atoms with Crippen LogP contribution in [-0.4, -0.2) is 37.1 Å². The van der Waals surface area contributed by atoms with Gasteiger partial charge in [0.25, 0.3) is 0 Å². The van der Waals surface area contributed by atoms with Gasteiger partial charge in [-0.15, -0.1) is 0 Å². The fourth-order valence-corrected chi connectivity index (χ4v) is 2.95. The Morgan fingerprint density at radius 3 is 2.33 bits per heavy atom. The number of benzene rings is 1. The van der Waals surface area contributed by atoms with Gasteiger partial charge in [-0.2, -0.15) is 0 Å². The summed E-state index contributed by atoms with van der Waals surface area (Å²) in [4.78, 5) is 2.52. The smallest absolute Gasteiger partial charge is 0.0177 e. The summed E-state index contributed by atoms with van der Waals surface area (Å²) in [6, 6.07) is 12.4. The molecule has 2 atom stereocenters. The molecule has 1 N–H and O–H groups in total. The predicted molar refractivity (Wildman–Crippen MR) is 91.7 cm³/mol. The third-order valence-electron chi connectivity index (χ3n) is 5.09. The van der Waals surface area contributed by atoms with Crippen molar-refractivity contribution in [2.45, 2.75) is 58.0 Å². The fraction of sp³-hybridized carbons (Fsp3) is 0.684. The largest absolute Gasteiger partial charge is 0.313 e. The molecule has 0 saturated heterocycles. The topological polar surface area (TPSA) is 15.3 Å². The van der Waals surface area contributed by atoms with Gasteiger partial charge in [0.15, 0.2) is 0 Å². The highest BCUT2D eigenvalue weighted by atomic mass is 15.1. The zero-order valence-corrected chi connectivity index (χ0v) is 14.4. The van der Waals surface area contributed by atoms with Crippen molar-refractivity contribution in [3.8, 4) is 0 Å². The zero-order valence-electron chi connectivity index (χ0n) is 14.4. The SMILES string of the molecule is CC(C)C(C)N(C)CC(C)(CNC1CC1)c1ccccc1. The van der Waals surface area contributed by atoms with E-state index in [0.717, 1.165) is 19.1 Å². The summed E-state index contributed by atoms with van der Waals surface area (Å²) in [6.07, 6.45) is 2.70. The number of likely N-dealkylation sites (N-methyl/N-ethyl adjacent to an activating group) is 1. The number of nitrogens with one attached hydrogen (secondary N) is 1. The molecule has 2 unspecified atom stereocenters. The van der Waals surface area contributed by atoms with Gasteiger partial charge in [0, 0.05) is 30.6 Å². The van der Waals surface area contributed by atoms with E-state index in [4.69, 9.17) is 0 Å². The van der Waals surface area contributed by atoms with Crippen LogP contribution >= 0.6 is 0 Å². The normalized spacial score (nSPS) is 19.8. The lowest BCUT2D eigenvalue weighted by molar-refractivity contribution is 0.165. The van der Waals surface area contributed by atoms with Gasteiger partial charge < -0.3 is 10.2 Å². The van der Waals surface area contributed by atoms with Gasteiger partial charge in [0.1, 0.15) is 0 Å². The summed E-state index contributed by atoms with van der Waals surface area (Å²) in [5, 5.41) is 3.74. The van der Waals surface area contributed by atoms with Crippen molar-refractivity contribution < 1.29 is 0 Å². The molecule has 1 aromatic rings. The Morgan fingerprint density at radius 2 is 1.81 bits per heavy atom. The Hall–Kier alpha value is -0.860. The first kappa shape index (κ1) is 16.5. The van der Waals surface area contributed by atoms with Crippen LogP contribution < -0.4 is 5.32 Å². The van der Waals surface area contributed by atoms with Gasteiger partial charge in [-0.25, -0.2) is 0 Å². The van der Waals surface area contributed by atoms with E-state index in [1.54, 1.807) is 0 Å². The Balaban J connectivity index is 2.10. The number of nitrogens with zero attached hydrogens (tertiary/aromatic N) is 1. The minimum Gasteiger partial charge on any atom is -0.313 e. The molecule has 21 heavy (non-hydrogen) atoms. The first-order chi connectivity index (χ1) is 9.92. The Bertz CT molecular complexity index is 424. The molecule has 0 aromatic heterocycles. The van der Waals surface area contributed by atoms with E-state index in [0.29, 0.717) is 12.0 Å². The van der Waals surface area contributed by atoms with Crippen LogP contribution in [0.2, 0.25) is 0 Å². The van der Waals surface area contributed by atoms with Gasteiger partial charge in [0.05, 0.1) is 0 Å². The fourth-order valence-electron chi connectivity index (χ4n) is 2.95. The van der Waals surface area contributed by atoms with Gasteiger partial charge >= 0.3 is 0 Å². The molecule has 0 heterocycles. The number of hydrogen-bond acceptors (Lipinski definition) is 2. The van der Waals surface area contributed by atoms with E-state index in [9.17, 15) is 0 Å². The maximum absolute atomic E-state index is 3.74. The molecule has 1 aliphatic rings. The van der Waals surface area contributed by atoms with Crippen molar-refractivity contribution in [3.05, 3.63) is 35.9 Å². The van der Waals surface area contributed by atoms with Crippen LogP contribution in [0.25, 0.3) is 0 Å². The summed E-state index contributed by atoms with van der Waals surface area (Å²) >= 11 is 0. The average Bonchev–Trinajstić information content (AvgIpc) is 3.29. The van der Waals surface area contributed by atoms with Crippen LogP contribution in [0, 0.1) is 5.92 Å². The summed E-state index contributed by atoms with van der Waals surface area (Å²) in [5.74, 6) is 0.686. The molecular formula is C19H32N2. The molecule has 1 aliphatic carbocycles. The van der Waals surface area contributed by atoms with E-state index in [-0.39, 0.29) is 5.41 Å². The lowest BCUT2D eigenvalue weighted by Gasteiger charge is -2.38. The molecule has 118 valence electrons. The third-order valence-corrected chi connectivity index (χ3v) is 5.09. The van der Waals surface area contributed by atoms with Gasteiger partial charge in [0.2, 0.25) is 0 Å². The van der Waals surface area contributed by atoms with Crippen LogP contribution in [-0.2, 0) is 5.41 Å². The first-order valence-electron chi connectivity index (χ1n) is 8.41. The minimum atomic E-state index is 0.168. The summed E-state index contributed by atoms with van der Waals surface area (Å²) in [5.41, 5.74) is 1.61.